The van der Waals surface area contributed by atoms with Crippen LogP contribution in [0.4, 0.5) is 10.9 Å². The van der Waals surface area contributed by atoms with E-state index < -0.39 is 5.60 Å². The van der Waals surface area contributed by atoms with Gasteiger partial charge in [0.2, 0.25) is 5.13 Å². The third-order valence-electron chi connectivity index (χ3n) is 4.49. The maximum Gasteiger partial charge on any atom is 0.211 e. The molecule has 5 aromatic heterocycles. The number of pyridine rings is 1. The van der Waals surface area contributed by atoms with Gasteiger partial charge in [-0.15, -0.1) is 21.5 Å². The standard InChI is InChI=1S/C19H18N8OS2/c1-12-11-29-16(20-12)19(2,28)17-23-24-18(30-17)22-14-6-8-27(25-14)10-13-9-26-7-4-3-5-15(26)21-13/h3-9,11,28H,10H2,1-2H3,(H,22,24,25). The smallest absolute Gasteiger partial charge is 0.211 e. The van der Waals surface area contributed by atoms with Crippen molar-refractivity contribution in [2.24, 2.45) is 0 Å². The molecule has 0 aromatic carbocycles. The lowest BCUT2D eigenvalue weighted by atomic mass is 10.1. The Morgan fingerprint density at radius 2 is 2.03 bits per heavy atom. The number of hydrogen-bond acceptors (Lipinski definition) is 9. The number of imidazole rings is 1. The normalized spacial score (nSPS) is 13.6. The van der Waals surface area contributed by atoms with Crippen molar-refractivity contribution in [3.63, 3.8) is 0 Å². The van der Waals surface area contributed by atoms with Crippen LogP contribution in [0.5, 0.6) is 0 Å². The Kier molecular flexibility index (Phi) is 4.57. The van der Waals surface area contributed by atoms with Crippen molar-refractivity contribution in [1.82, 2.24) is 34.3 Å². The first-order valence-electron chi connectivity index (χ1n) is 9.19. The summed E-state index contributed by atoms with van der Waals surface area (Å²) >= 11 is 2.68. The van der Waals surface area contributed by atoms with E-state index in [1.807, 2.05) is 59.6 Å². The average molecular weight is 439 g/mol. The minimum atomic E-state index is -1.28. The minimum absolute atomic E-state index is 0.475. The van der Waals surface area contributed by atoms with Gasteiger partial charge in [-0.3, -0.25) is 4.68 Å². The van der Waals surface area contributed by atoms with E-state index in [2.05, 4.69) is 30.6 Å². The van der Waals surface area contributed by atoms with Gasteiger partial charge >= 0.3 is 0 Å². The molecule has 0 spiro atoms. The Hall–Kier alpha value is -3.15. The summed E-state index contributed by atoms with van der Waals surface area (Å²) in [5, 5.41) is 30.4. The number of anilines is 2. The summed E-state index contributed by atoms with van der Waals surface area (Å²) in [6.45, 7) is 4.13. The predicted molar refractivity (Wildman–Crippen MR) is 115 cm³/mol. The van der Waals surface area contributed by atoms with Crippen LogP contribution in [0, 0.1) is 6.92 Å². The quantitative estimate of drug-likeness (QED) is 0.419. The lowest BCUT2D eigenvalue weighted by Crippen LogP contribution is -2.22. The molecule has 0 bridgehead atoms. The Bertz CT molecular complexity index is 1280. The molecule has 0 aliphatic rings. The van der Waals surface area contributed by atoms with Crippen molar-refractivity contribution in [3.8, 4) is 0 Å². The number of nitrogens with one attached hydrogen (secondary N) is 1. The molecule has 5 heterocycles. The fourth-order valence-corrected chi connectivity index (χ4v) is 4.71. The van der Waals surface area contributed by atoms with Gasteiger partial charge < -0.3 is 14.8 Å². The summed E-state index contributed by atoms with van der Waals surface area (Å²) in [5.74, 6) is 0.645. The van der Waals surface area contributed by atoms with Crippen LogP contribution < -0.4 is 5.32 Å². The summed E-state index contributed by atoms with van der Waals surface area (Å²) < 4.78 is 3.79. The molecule has 152 valence electrons. The number of aliphatic hydroxyl groups is 1. The van der Waals surface area contributed by atoms with E-state index in [1.165, 1.54) is 22.7 Å². The SMILES string of the molecule is Cc1csc(C(C)(O)c2nnc(Nc3ccn(Cc4cn5ccccc5n4)n3)s2)n1. The van der Waals surface area contributed by atoms with Gasteiger partial charge in [0, 0.05) is 35.7 Å². The number of nitrogens with zero attached hydrogens (tertiary/aromatic N) is 7. The number of aryl methyl sites for hydroxylation is 1. The van der Waals surface area contributed by atoms with Crippen molar-refractivity contribution in [1.29, 1.82) is 0 Å². The molecule has 11 heteroatoms. The van der Waals surface area contributed by atoms with Crippen LogP contribution in [0.15, 0.2) is 48.2 Å². The molecule has 0 radical (unpaired) electrons. The molecular formula is C19H18N8OS2. The molecule has 0 saturated carbocycles. The van der Waals surface area contributed by atoms with Gasteiger partial charge in [-0.25, -0.2) is 9.97 Å². The average Bonchev–Trinajstić information content (AvgIpc) is 3.49. The lowest BCUT2D eigenvalue weighted by molar-refractivity contribution is 0.101. The number of fused-ring (bicyclic) bond motifs is 1. The fourth-order valence-electron chi connectivity index (χ4n) is 2.99. The van der Waals surface area contributed by atoms with E-state index in [-0.39, 0.29) is 0 Å². The molecule has 1 unspecified atom stereocenters. The Morgan fingerprint density at radius 3 is 2.83 bits per heavy atom. The minimum Gasteiger partial charge on any atom is -0.376 e. The third kappa shape index (κ3) is 3.58. The summed E-state index contributed by atoms with van der Waals surface area (Å²) in [7, 11) is 0. The second-order valence-electron chi connectivity index (χ2n) is 7.00. The Balaban J connectivity index is 1.30. The van der Waals surface area contributed by atoms with E-state index in [1.54, 1.807) is 11.6 Å². The van der Waals surface area contributed by atoms with Gasteiger partial charge in [0.1, 0.15) is 10.7 Å². The zero-order valence-electron chi connectivity index (χ0n) is 16.2. The lowest BCUT2D eigenvalue weighted by Gasteiger charge is -2.16. The fraction of sp³-hybridized carbons (Fsp3) is 0.211. The number of hydrogen-bond donors (Lipinski definition) is 2. The molecule has 30 heavy (non-hydrogen) atoms. The van der Waals surface area contributed by atoms with E-state index in [0.29, 0.717) is 27.5 Å². The predicted octanol–water partition coefficient (Wildman–Crippen LogP) is 3.19. The molecule has 0 fully saturated rings. The maximum absolute atomic E-state index is 10.9. The highest BCUT2D eigenvalue weighted by Crippen LogP contribution is 2.34. The summed E-state index contributed by atoms with van der Waals surface area (Å²) in [6, 6.07) is 7.76. The first-order chi connectivity index (χ1) is 14.5. The van der Waals surface area contributed by atoms with Gasteiger partial charge in [0.25, 0.3) is 0 Å². The van der Waals surface area contributed by atoms with E-state index in [9.17, 15) is 5.11 Å². The summed E-state index contributed by atoms with van der Waals surface area (Å²) in [4.78, 5) is 8.97. The Labute approximate surface area is 179 Å². The maximum atomic E-state index is 10.9. The van der Waals surface area contributed by atoms with Crippen LogP contribution in [0.25, 0.3) is 5.65 Å². The first kappa shape index (κ1) is 18.9. The van der Waals surface area contributed by atoms with Crippen molar-refractivity contribution >= 4 is 39.3 Å². The van der Waals surface area contributed by atoms with Crippen LogP contribution in [0.2, 0.25) is 0 Å². The zero-order chi connectivity index (χ0) is 20.7. The molecule has 5 rings (SSSR count). The number of rotatable bonds is 6. The molecule has 5 aromatic rings. The first-order valence-corrected chi connectivity index (χ1v) is 10.9. The molecule has 0 aliphatic carbocycles. The second kappa shape index (κ2) is 7.27. The van der Waals surface area contributed by atoms with Gasteiger partial charge in [0.15, 0.2) is 16.4 Å². The monoisotopic (exact) mass is 438 g/mol. The molecular weight excluding hydrogens is 420 g/mol. The van der Waals surface area contributed by atoms with Crippen LogP contribution in [0.1, 0.15) is 28.3 Å². The zero-order valence-corrected chi connectivity index (χ0v) is 17.9. The highest BCUT2D eigenvalue weighted by molar-refractivity contribution is 7.15. The van der Waals surface area contributed by atoms with Crippen molar-refractivity contribution < 1.29 is 5.11 Å². The Morgan fingerprint density at radius 1 is 1.13 bits per heavy atom. The topological polar surface area (TPSA) is 106 Å². The van der Waals surface area contributed by atoms with Crippen LogP contribution in [-0.4, -0.2) is 39.5 Å². The molecule has 0 saturated heterocycles. The van der Waals surface area contributed by atoms with Crippen LogP contribution in [0.3, 0.4) is 0 Å². The van der Waals surface area contributed by atoms with Crippen LogP contribution >= 0.6 is 22.7 Å². The van der Waals surface area contributed by atoms with Crippen LogP contribution in [-0.2, 0) is 12.1 Å². The summed E-state index contributed by atoms with van der Waals surface area (Å²) in [6.07, 6.45) is 5.84. The van der Waals surface area contributed by atoms with Crippen molar-refractivity contribution in [3.05, 3.63) is 69.6 Å². The van der Waals surface area contributed by atoms with Gasteiger partial charge in [-0.2, -0.15) is 5.10 Å². The highest BCUT2D eigenvalue weighted by Gasteiger charge is 2.33. The summed E-state index contributed by atoms with van der Waals surface area (Å²) in [5.41, 5.74) is 1.42. The largest absolute Gasteiger partial charge is 0.376 e. The van der Waals surface area contributed by atoms with E-state index in [0.717, 1.165) is 17.0 Å². The molecule has 0 aliphatic heterocycles. The molecule has 9 nitrogen and oxygen atoms in total. The third-order valence-corrected chi connectivity index (χ3v) is 6.71. The van der Waals surface area contributed by atoms with E-state index >= 15 is 0 Å². The van der Waals surface area contributed by atoms with Crippen molar-refractivity contribution in [2.75, 3.05) is 5.32 Å². The van der Waals surface area contributed by atoms with Crippen molar-refractivity contribution in [2.45, 2.75) is 26.0 Å². The molecule has 1 atom stereocenters. The van der Waals surface area contributed by atoms with Gasteiger partial charge in [0.05, 0.1) is 12.2 Å². The second-order valence-corrected chi connectivity index (χ2v) is 8.84. The molecule has 0 amide bonds. The molecule has 2 N–H and O–H groups in total. The highest BCUT2D eigenvalue weighted by atomic mass is 32.1. The number of aromatic nitrogens is 7. The van der Waals surface area contributed by atoms with E-state index in [4.69, 9.17) is 0 Å². The number of thiazole rings is 1. The van der Waals surface area contributed by atoms with Gasteiger partial charge in [-0.05, 0) is 26.0 Å². The van der Waals surface area contributed by atoms with Gasteiger partial charge in [-0.1, -0.05) is 17.4 Å².